The second kappa shape index (κ2) is 7.10. The number of ether oxygens (including phenoxy) is 1. The quantitative estimate of drug-likeness (QED) is 0.695. The van der Waals surface area contributed by atoms with Crippen molar-refractivity contribution < 1.29 is 14.3 Å². The monoisotopic (exact) mass is 271 g/mol. The number of carbonyl (C=O) groups is 2. The van der Waals surface area contributed by atoms with Crippen molar-refractivity contribution in [3.8, 4) is 0 Å². The molecular formula is C11H17N3O3S. The van der Waals surface area contributed by atoms with Crippen LogP contribution < -0.4 is 16.4 Å². The summed E-state index contributed by atoms with van der Waals surface area (Å²) in [5.74, 6) is -0.523. The summed E-state index contributed by atoms with van der Waals surface area (Å²) >= 11 is 1.35. The zero-order valence-electron chi connectivity index (χ0n) is 10.4. The third-order valence-electron chi connectivity index (χ3n) is 2.06. The fraction of sp³-hybridized carbons (Fsp3) is 0.455. The predicted molar refractivity (Wildman–Crippen MR) is 70.9 cm³/mol. The van der Waals surface area contributed by atoms with Crippen LogP contribution in [0.25, 0.3) is 0 Å². The number of nitrogens with two attached hydrogens (primary N) is 1. The molecule has 0 fully saturated rings. The maximum Gasteiger partial charge on any atom is 0.254 e. The molecule has 100 valence electrons. The first kappa shape index (κ1) is 14.6. The summed E-state index contributed by atoms with van der Waals surface area (Å²) in [6, 6.07) is 1.74. The van der Waals surface area contributed by atoms with Gasteiger partial charge in [0.2, 0.25) is 0 Å². The number of aryl methyl sites for hydroxylation is 1. The largest absolute Gasteiger partial charge is 0.375 e. The number of hydrogen-bond donors (Lipinski definition) is 3. The van der Waals surface area contributed by atoms with Crippen molar-refractivity contribution in [3.05, 3.63) is 16.5 Å². The van der Waals surface area contributed by atoms with Gasteiger partial charge in [-0.05, 0) is 13.0 Å². The molecule has 1 heterocycles. The van der Waals surface area contributed by atoms with E-state index in [4.69, 9.17) is 10.5 Å². The van der Waals surface area contributed by atoms with Gasteiger partial charge in [-0.1, -0.05) is 0 Å². The first-order chi connectivity index (χ1) is 8.58. The molecule has 0 saturated heterocycles. The van der Waals surface area contributed by atoms with Gasteiger partial charge in [-0.25, -0.2) is 0 Å². The molecule has 0 aromatic carbocycles. The number of amides is 2. The summed E-state index contributed by atoms with van der Waals surface area (Å²) in [5, 5.41) is 5.85. The molecule has 7 heteroatoms. The summed E-state index contributed by atoms with van der Waals surface area (Å²) in [4.78, 5) is 24.2. The minimum atomic E-state index is -0.285. The molecule has 4 N–H and O–H groups in total. The Morgan fingerprint density at radius 2 is 2.22 bits per heavy atom. The van der Waals surface area contributed by atoms with Crippen molar-refractivity contribution in [2.75, 3.05) is 32.1 Å². The zero-order chi connectivity index (χ0) is 13.5. The van der Waals surface area contributed by atoms with Gasteiger partial charge in [-0.3, -0.25) is 9.59 Å². The summed E-state index contributed by atoms with van der Waals surface area (Å²) in [5.41, 5.74) is 5.77. The molecule has 1 rings (SSSR count). The van der Waals surface area contributed by atoms with E-state index in [1.54, 1.807) is 6.07 Å². The third kappa shape index (κ3) is 4.10. The molecule has 0 bridgehead atoms. The summed E-state index contributed by atoms with van der Waals surface area (Å²) in [7, 11) is 1.44. The van der Waals surface area contributed by atoms with Crippen LogP contribution in [0.2, 0.25) is 0 Å². The van der Waals surface area contributed by atoms with Gasteiger partial charge >= 0.3 is 0 Å². The van der Waals surface area contributed by atoms with Crippen LogP contribution in [0, 0.1) is 6.92 Å². The van der Waals surface area contributed by atoms with Crippen LogP contribution in [-0.2, 0) is 9.53 Å². The van der Waals surface area contributed by atoms with Crippen LogP contribution in [0.1, 0.15) is 15.2 Å². The lowest BCUT2D eigenvalue weighted by molar-refractivity contribution is -0.119. The minimum Gasteiger partial charge on any atom is -0.375 e. The van der Waals surface area contributed by atoms with E-state index in [2.05, 4.69) is 10.6 Å². The molecular weight excluding hydrogens is 254 g/mol. The third-order valence-corrected chi connectivity index (χ3v) is 3.02. The Balaban J connectivity index is 2.78. The van der Waals surface area contributed by atoms with E-state index in [-0.39, 0.29) is 18.4 Å². The Bertz CT molecular complexity index is 431. The fourth-order valence-corrected chi connectivity index (χ4v) is 2.28. The van der Waals surface area contributed by atoms with Crippen molar-refractivity contribution in [2.24, 2.45) is 5.73 Å². The molecule has 0 radical (unpaired) electrons. The Morgan fingerprint density at radius 3 is 2.83 bits per heavy atom. The van der Waals surface area contributed by atoms with Crippen molar-refractivity contribution in [2.45, 2.75) is 6.92 Å². The highest BCUT2D eigenvalue weighted by molar-refractivity contribution is 7.16. The Kier molecular flexibility index (Phi) is 5.76. The van der Waals surface area contributed by atoms with Gasteiger partial charge < -0.3 is 21.1 Å². The lowest BCUT2D eigenvalue weighted by atomic mass is 10.2. The molecule has 0 spiro atoms. The van der Waals surface area contributed by atoms with E-state index in [0.29, 0.717) is 23.7 Å². The number of rotatable bonds is 6. The Hall–Kier alpha value is -1.44. The molecule has 0 atom stereocenters. The Labute approximate surface area is 110 Å². The molecule has 0 aliphatic carbocycles. The molecule has 1 aromatic heterocycles. The number of anilines is 1. The highest BCUT2D eigenvalue weighted by atomic mass is 32.1. The van der Waals surface area contributed by atoms with E-state index >= 15 is 0 Å². The van der Waals surface area contributed by atoms with Crippen LogP contribution in [0.3, 0.4) is 0 Å². The van der Waals surface area contributed by atoms with Gasteiger partial charge in [0, 0.05) is 25.1 Å². The smallest absolute Gasteiger partial charge is 0.254 e. The van der Waals surface area contributed by atoms with Gasteiger partial charge in [-0.15, -0.1) is 11.3 Å². The average molecular weight is 271 g/mol. The molecule has 6 nitrogen and oxygen atoms in total. The highest BCUT2D eigenvalue weighted by Gasteiger charge is 2.16. The van der Waals surface area contributed by atoms with Crippen molar-refractivity contribution in [3.63, 3.8) is 0 Å². The predicted octanol–water partition coefficient (Wildman–Crippen LogP) is 0.330. The van der Waals surface area contributed by atoms with Crippen LogP contribution in [0.15, 0.2) is 6.07 Å². The summed E-state index contributed by atoms with van der Waals surface area (Å²) < 4.78 is 4.72. The molecule has 1 aromatic rings. The number of methoxy groups -OCH3 is 1. The highest BCUT2D eigenvalue weighted by Crippen LogP contribution is 2.27. The average Bonchev–Trinajstić information content (AvgIpc) is 2.67. The lowest BCUT2D eigenvalue weighted by Crippen LogP contribution is -2.29. The van der Waals surface area contributed by atoms with Gasteiger partial charge in [-0.2, -0.15) is 0 Å². The molecule has 0 aliphatic rings. The lowest BCUT2D eigenvalue weighted by Gasteiger charge is -2.06. The van der Waals surface area contributed by atoms with Crippen LogP contribution in [0.4, 0.5) is 5.00 Å². The van der Waals surface area contributed by atoms with E-state index in [9.17, 15) is 9.59 Å². The van der Waals surface area contributed by atoms with E-state index in [1.165, 1.54) is 18.4 Å². The SMILES string of the molecule is COCC(=O)Nc1sc(C)cc1C(=O)NCCN. The van der Waals surface area contributed by atoms with Crippen LogP contribution in [-0.4, -0.2) is 38.6 Å². The molecule has 0 saturated carbocycles. The van der Waals surface area contributed by atoms with Crippen molar-refractivity contribution >= 4 is 28.2 Å². The van der Waals surface area contributed by atoms with Gasteiger partial charge in [0.05, 0.1) is 5.56 Å². The van der Waals surface area contributed by atoms with Crippen molar-refractivity contribution in [1.29, 1.82) is 0 Å². The molecule has 18 heavy (non-hydrogen) atoms. The standard InChI is InChI=1S/C11H17N3O3S/c1-7-5-8(10(16)13-4-3-12)11(18-7)14-9(15)6-17-2/h5H,3-4,6,12H2,1-2H3,(H,13,16)(H,14,15). The van der Waals surface area contributed by atoms with Gasteiger partial charge in [0.15, 0.2) is 0 Å². The molecule has 0 unspecified atom stereocenters. The topological polar surface area (TPSA) is 93.4 Å². The van der Waals surface area contributed by atoms with Crippen LogP contribution >= 0.6 is 11.3 Å². The van der Waals surface area contributed by atoms with E-state index in [1.807, 2.05) is 6.92 Å². The maximum atomic E-state index is 11.8. The zero-order valence-corrected chi connectivity index (χ0v) is 11.2. The maximum absolute atomic E-state index is 11.8. The van der Waals surface area contributed by atoms with Gasteiger partial charge in [0.25, 0.3) is 11.8 Å². The van der Waals surface area contributed by atoms with E-state index in [0.717, 1.165) is 4.88 Å². The van der Waals surface area contributed by atoms with E-state index < -0.39 is 0 Å². The Morgan fingerprint density at radius 1 is 1.50 bits per heavy atom. The summed E-state index contributed by atoms with van der Waals surface area (Å²) in [6.07, 6.45) is 0. The number of carbonyl (C=O) groups excluding carboxylic acids is 2. The molecule has 0 aliphatic heterocycles. The number of hydrogen-bond acceptors (Lipinski definition) is 5. The first-order valence-corrected chi connectivity index (χ1v) is 6.27. The second-order valence-electron chi connectivity index (χ2n) is 3.63. The number of nitrogens with one attached hydrogen (secondary N) is 2. The second-order valence-corrected chi connectivity index (χ2v) is 4.88. The summed E-state index contributed by atoms with van der Waals surface area (Å²) in [6.45, 7) is 2.61. The van der Waals surface area contributed by atoms with Crippen molar-refractivity contribution in [1.82, 2.24) is 5.32 Å². The normalized spacial score (nSPS) is 10.2. The first-order valence-electron chi connectivity index (χ1n) is 5.46. The van der Waals surface area contributed by atoms with Crippen LogP contribution in [0.5, 0.6) is 0 Å². The minimum absolute atomic E-state index is 0.0409. The number of thiophene rings is 1. The van der Waals surface area contributed by atoms with Gasteiger partial charge in [0.1, 0.15) is 11.6 Å². The fourth-order valence-electron chi connectivity index (χ4n) is 1.35. The molecule has 2 amide bonds.